The van der Waals surface area contributed by atoms with Gasteiger partial charge in [0.1, 0.15) is 0 Å². The average Bonchev–Trinajstić information content (AvgIpc) is 2.93. The van der Waals surface area contributed by atoms with Gasteiger partial charge in [0, 0.05) is 12.2 Å². The molecule has 1 aliphatic rings. The number of thioether (sulfide) groups is 1. The Hall–Kier alpha value is -1.60. The van der Waals surface area contributed by atoms with Crippen LogP contribution in [0.5, 0.6) is 0 Å². The Morgan fingerprint density at radius 3 is 3.14 bits per heavy atom. The summed E-state index contributed by atoms with van der Waals surface area (Å²) in [5.74, 6) is -0.819. The lowest BCUT2D eigenvalue weighted by Gasteiger charge is -2.28. The van der Waals surface area contributed by atoms with E-state index in [-0.39, 0.29) is 5.75 Å². The highest BCUT2D eigenvalue weighted by Crippen LogP contribution is 2.37. The van der Waals surface area contributed by atoms with E-state index in [0.29, 0.717) is 4.34 Å². The minimum atomic E-state index is -0.837. The van der Waals surface area contributed by atoms with Crippen molar-refractivity contribution in [2.24, 2.45) is 0 Å². The average molecular weight is 321 g/mol. The van der Waals surface area contributed by atoms with Crippen LogP contribution in [-0.4, -0.2) is 33.6 Å². The molecule has 3 rings (SSSR count). The highest BCUT2D eigenvalue weighted by Gasteiger charge is 2.21. The molecule has 2 aromatic rings. The van der Waals surface area contributed by atoms with Gasteiger partial charge in [0.2, 0.25) is 5.13 Å². The molecule has 21 heavy (non-hydrogen) atoms. The zero-order chi connectivity index (χ0) is 14.8. The Bertz CT molecular complexity index is 672. The minimum Gasteiger partial charge on any atom is -0.481 e. The first kappa shape index (κ1) is 14.3. The topological polar surface area (TPSA) is 66.3 Å². The summed E-state index contributed by atoms with van der Waals surface area (Å²) in [6.45, 7) is 3.03. The van der Waals surface area contributed by atoms with Crippen LogP contribution in [0.4, 0.5) is 10.8 Å². The molecule has 0 saturated heterocycles. The number of aliphatic carboxylic acids is 1. The molecule has 0 unspecified atom stereocenters. The van der Waals surface area contributed by atoms with Crippen molar-refractivity contribution in [2.45, 2.75) is 24.1 Å². The molecular weight excluding hydrogens is 306 g/mol. The zero-order valence-electron chi connectivity index (χ0n) is 11.6. The second kappa shape index (κ2) is 6.03. The molecule has 0 amide bonds. The maximum Gasteiger partial charge on any atom is 0.313 e. The van der Waals surface area contributed by atoms with Crippen LogP contribution in [0.15, 0.2) is 22.5 Å². The van der Waals surface area contributed by atoms with Crippen LogP contribution in [0.2, 0.25) is 0 Å². The number of carboxylic acids is 1. The minimum absolute atomic E-state index is 0.0183. The fourth-order valence-electron chi connectivity index (χ4n) is 2.42. The van der Waals surface area contributed by atoms with Crippen molar-refractivity contribution in [1.82, 2.24) is 10.2 Å². The number of aryl methyl sites for hydroxylation is 2. The Kier molecular flexibility index (Phi) is 4.12. The first-order valence-corrected chi connectivity index (χ1v) is 8.49. The van der Waals surface area contributed by atoms with Gasteiger partial charge in [-0.3, -0.25) is 4.79 Å². The van der Waals surface area contributed by atoms with Gasteiger partial charge in [0.05, 0.1) is 5.75 Å². The molecule has 1 aliphatic heterocycles. The van der Waals surface area contributed by atoms with E-state index in [9.17, 15) is 4.79 Å². The standard InChI is InChI=1S/C14H15N3O2S2/c1-9-4-5-11-10(7-9)3-2-6-17(11)13-15-16-14(21-13)20-8-12(18)19/h4-5,7H,2-3,6,8H2,1H3,(H,18,19). The van der Waals surface area contributed by atoms with Crippen molar-refractivity contribution in [1.29, 1.82) is 0 Å². The largest absolute Gasteiger partial charge is 0.481 e. The molecule has 0 radical (unpaired) electrons. The van der Waals surface area contributed by atoms with Crippen molar-refractivity contribution in [3.63, 3.8) is 0 Å². The summed E-state index contributed by atoms with van der Waals surface area (Å²) in [6.07, 6.45) is 2.18. The summed E-state index contributed by atoms with van der Waals surface area (Å²) >= 11 is 2.67. The van der Waals surface area contributed by atoms with Gasteiger partial charge < -0.3 is 10.0 Å². The third kappa shape index (κ3) is 3.19. The Labute approximate surface area is 131 Å². The smallest absolute Gasteiger partial charge is 0.313 e. The van der Waals surface area contributed by atoms with Gasteiger partial charge in [0.25, 0.3) is 0 Å². The predicted octanol–water partition coefficient (Wildman–Crippen LogP) is 3.11. The van der Waals surface area contributed by atoms with Gasteiger partial charge in [-0.1, -0.05) is 40.8 Å². The molecule has 0 fully saturated rings. The molecule has 0 bridgehead atoms. The maximum atomic E-state index is 10.6. The van der Waals surface area contributed by atoms with Crippen LogP contribution in [0.25, 0.3) is 0 Å². The fourth-order valence-corrected chi connectivity index (χ4v) is 4.02. The summed E-state index contributed by atoms with van der Waals surface area (Å²) in [7, 11) is 0. The number of hydrogen-bond acceptors (Lipinski definition) is 6. The highest BCUT2D eigenvalue weighted by atomic mass is 32.2. The first-order valence-electron chi connectivity index (χ1n) is 6.68. The third-order valence-corrected chi connectivity index (χ3v) is 5.36. The second-order valence-corrected chi connectivity index (χ2v) is 7.10. The van der Waals surface area contributed by atoms with E-state index in [1.54, 1.807) is 0 Å². The number of carbonyl (C=O) groups is 1. The quantitative estimate of drug-likeness (QED) is 0.873. The van der Waals surface area contributed by atoms with Crippen molar-refractivity contribution >= 4 is 39.9 Å². The van der Waals surface area contributed by atoms with E-state index >= 15 is 0 Å². The summed E-state index contributed by atoms with van der Waals surface area (Å²) in [5.41, 5.74) is 3.81. The summed E-state index contributed by atoms with van der Waals surface area (Å²) < 4.78 is 0.701. The van der Waals surface area contributed by atoms with E-state index in [4.69, 9.17) is 5.11 Å². The van der Waals surface area contributed by atoms with Gasteiger partial charge in [-0.05, 0) is 31.4 Å². The van der Waals surface area contributed by atoms with Gasteiger partial charge in [0.15, 0.2) is 4.34 Å². The molecule has 1 aromatic heterocycles. The summed E-state index contributed by atoms with van der Waals surface area (Å²) in [4.78, 5) is 12.8. The molecule has 5 nitrogen and oxygen atoms in total. The van der Waals surface area contributed by atoms with E-state index in [0.717, 1.165) is 24.5 Å². The highest BCUT2D eigenvalue weighted by molar-refractivity contribution is 8.01. The molecule has 0 aliphatic carbocycles. The second-order valence-electron chi connectivity index (χ2n) is 4.92. The monoisotopic (exact) mass is 321 g/mol. The number of aromatic nitrogens is 2. The fraction of sp³-hybridized carbons (Fsp3) is 0.357. The lowest BCUT2D eigenvalue weighted by Crippen LogP contribution is -2.24. The number of benzene rings is 1. The zero-order valence-corrected chi connectivity index (χ0v) is 13.2. The van der Waals surface area contributed by atoms with E-state index in [1.165, 1.54) is 39.9 Å². The molecule has 110 valence electrons. The Morgan fingerprint density at radius 2 is 2.33 bits per heavy atom. The molecule has 7 heteroatoms. The van der Waals surface area contributed by atoms with Gasteiger partial charge in [-0.25, -0.2) is 0 Å². The number of fused-ring (bicyclic) bond motifs is 1. The summed E-state index contributed by atoms with van der Waals surface area (Å²) in [6, 6.07) is 6.47. The van der Waals surface area contributed by atoms with Crippen LogP contribution in [0.1, 0.15) is 17.5 Å². The van der Waals surface area contributed by atoms with Crippen molar-refractivity contribution in [3.8, 4) is 0 Å². The van der Waals surface area contributed by atoms with E-state index < -0.39 is 5.97 Å². The van der Waals surface area contributed by atoms with Crippen molar-refractivity contribution < 1.29 is 9.90 Å². The maximum absolute atomic E-state index is 10.6. The van der Waals surface area contributed by atoms with Crippen LogP contribution >= 0.6 is 23.1 Å². The van der Waals surface area contributed by atoms with Crippen molar-refractivity contribution in [2.75, 3.05) is 17.2 Å². The normalized spacial score (nSPS) is 14.0. The number of hydrogen-bond donors (Lipinski definition) is 1. The molecule has 0 saturated carbocycles. The van der Waals surface area contributed by atoms with E-state index in [1.807, 2.05) is 0 Å². The number of carboxylic acid groups (broad SMARTS) is 1. The Morgan fingerprint density at radius 1 is 1.48 bits per heavy atom. The van der Waals surface area contributed by atoms with Crippen molar-refractivity contribution in [3.05, 3.63) is 29.3 Å². The van der Waals surface area contributed by atoms with Crippen LogP contribution < -0.4 is 4.90 Å². The molecule has 1 aromatic carbocycles. The lowest BCUT2D eigenvalue weighted by molar-refractivity contribution is -0.133. The van der Waals surface area contributed by atoms with E-state index in [2.05, 4.69) is 40.2 Å². The van der Waals surface area contributed by atoms with Crippen LogP contribution in [-0.2, 0) is 11.2 Å². The van der Waals surface area contributed by atoms with Crippen LogP contribution in [0, 0.1) is 6.92 Å². The third-order valence-electron chi connectivity index (χ3n) is 3.30. The SMILES string of the molecule is Cc1ccc2c(c1)CCCN2c1nnc(SCC(=O)O)s1. The first-order chi connectivity index (χ1) is 10.1. The summed E-state index contributed by atoms with van der Waals surface area (Å²) in [5, 5.41) is 17.9. The lowest BCUT2D eigenvalue weighted by atomic mass is 10.0. The predicted molar refractivity (Wildman–Crippen MR) is 84.8 cm³/mol. The van der Waals surface area contributed by atoms with Gasteiger partial charge >= 0.3 is 5.97 Å². The number of rotatable bonds is 4. The molecule has 2 heterocycles. The van der Waals surface area contributed by atoms with Crippen LogP contribution in [0.3, 0.4) is 0 Å². The number of anilines is 2. The molecule has 0 atom stereocenters. The molecule has 1 N–H and O–H groups in total. The number of nitrogens with zero attached hydrogens (tertiary/aromatic N) is 3. The van der Waals surface area contributed by atoms with Gasteiger partial charge in [-0.15, -0.1) is 10.2 Å². The van der Waals surface area contributed by atoms with Gasteiger partial charge in [-0.2, -0.15) is 0 Å². The molecule has 0 spiro atoms. The molecular formula is C14H15N3O2S2. The Balaban J connectivity index is 1.84.